The van der Waals surface area contributed by atoms with E-state index in [0.717, 1.165) is 5.56 Å². The van der Waals surface area contributed by atoms with Crippen molar-refractivity contribution < 1.29 is 14.3 Å². The molecule has 3 rings (SSSR count). The maximum absolute atomic E-state index is 12.7. The standard InChI is InChI=1S/C21H21ClN4O3/c1-3-26-12-18(19(25-26)21(28)23-2)24-20(27)15-6-4-5-14(11-15)13-29-17-9-7-16(22)8-10-17/h4-12H,3,13H2,1-2H3,(H,23,28)(H,24,27). The summed E-state index contributed by atoms with van der Waals surface area (Å²) in [6.45, 7) is 2.79. The van der Waals surface area contributed by atoms with Crippen LogP contribution in [0.2, 0.25) is 5.02 Å². The number of nitrogens with one attached hydrogen (secondary N) is 2. The minimum atomic E-state index is -0.363. The average Bonchev–Trinajstić information content (AvgIpc) is 3.16. The molecule has 29 heavy (non-hydrogen) atoms. The molecule has 0 fully saturated rings. The summed E-state index contributed by atoms with van der Waals surface area (Å²) in [5.41, 5.74) is 1.82. The highest BCUT2D eigenvalue weighted by Crippen LogP contribution is 2.18. The molecule has 1 heterocycles. The highest BCUT2D eigenvalue weighted by atomic mass is 35.5. The van der Waals surface area contributed by atoms with Crippen molar-refractivity contribution in [3.63, 3.8) is 0 Å². The molecule has 0 saturated carbocycles. The number of rotatable bonds is 7. The molecule has 2 N–H and O–H groups in total. The summed E-state index contributed by atoms with van der Waals surface area (Å²) in [6, 6.07) is 14.2. The lowest BCUT2D eigenvalue weighted by Gasteiger charge is -2.09. The maximum atomic E-state index is 12.7. The fourth-order valence-corrected chi connectivity index (χ4v) is 2.78. The zero-order valence-electron chi connectivity index (χ0n) is 16.1. The molecule has 0 atom stereocenters. The molecule has 0 radical (unpaired) electrons. The lowest BCUT2D eigenvalue weighted by Crippen LogP contribution is -2.21. The molecule has 7 nitrogen and oxygen atoms in total. The molecule has 0 aliphatic carbocycles. The van der Waals surface area contributed by atoms with Crippen LogP contribution in [0.15, 0.2) is 54.7 Å². The molecular weight excluding hydrogens is 392 g/mol. The monoisotopic (exact) mass is 412 g/mol. The van der Waals surface area contributed by atoms with E-state index in [2.05, 4.69) is 15.7 Å². The normalized spacial score (nSPS) is 10.4. The molecule has 0 unspecified atom stereocenters. The van der Waals surface area contributed by atoms with Crippen LogP contribution in [0.5, 0.6) is 5.75 Å². The number of hydrogen-bond donors (Lipinski definition) is 2. The van der Waals surface area contributed by atoms with Crippen LogP contribution in [-0.4, -0.2) is 28.6 Å². The number of hydrogen-bond acceptors (Lipinski definition) is 4. The molecule has 2 aromatic carbocycles. The van der Waals surface area contributed by atoms with Gasteiger partial charge in [0.15, 0.2) is 5.69 Å². The Bertz CT molecular complexity index is 1020. The van der Waals surface area contributed by atoms with Crippen molar-refractivity contribution in [1.29, 1.82) is 0 Å². The van der Waals surface area contributed by atoms with Gasteiger partial charge in [-0.05, 0) is 48.9 Å². The molecule has 0 aliphatic heterocycles. The quantitative estimate of drug-likeness (QED) is 0.619. The first-order valence-electron chi connectivity index (χ1n) is 9.08. The van der Waals surface area contributed by atoms with Crippen molar-refractivity contribution in [3.05, 3.63) is 76.6 Å². The number of aryl methyl sites for hydroxylation is 1. The van der Waals surface area contributed by atoms with Crippen molar-refractivity contribution in [2.75, 3.05) is 12.4 Å². The van der Waals surface area contributed by atoms with Gasteiger partial charge in [0.1, 0.15) is 12.4 Å². The van der Waals surface area contributed by atoms with Crippen LogP contribution in [0.1, 0.15) is 33.3 Å². The Balaban J connectivity index is 1.72. The van der Waals surface area contributed by atoms with Crippen molar-refractivity contribution in [1.82, 2.24) is 15.1 Å². The van der Waals surface area contributed by atoms with Crippen molar-refractivity contribution in [2.24, 2.45) is 0 Å². The van der Waals surface area contributed by atoms with Gasteiger partial charge in [-0.1, -0.05) is 23.7 Å². The van der Waals surface area contributed by atoms with E-state index < -0.39 is 0 Å². The molecule has 2 amide bonds. The highest BCUT2D eigenvalue weighted by Gasteiger charge is 2.18. The molecule has 8 heteroatoms. The van der Waals surface area contributed by atoms with Crippen LogP contribution in [-0.2, 0) is 13.2 Å². The number of carbonyl (C=O) groups is 2. The lowest BCUT2D eigenvalue weighted by molar-refractivity contribution is 0.0958. The van der Waals surface area contributed by atoms with E-state index in [0.29, 0.717) is 35.2 Å². The van der Waals surface area contributed by atoms with E-state index in [1.165, 1.54) is 7.05 Å². The van der Waals surface area contributed by atoms with Gasteiger partial charge in [0.25, 0.3) is 11.8 Å². The van der Waals surface area contributed by atoms with Crippen LogP contribution in [0.3, 0.4) is 0 Å². The molecule has 1 aromatic heterocycles. The third-order valence-electron chi connectivity index (χ3n) is 4.18. The number of anilines is 1. The van der Waals surface area contributed by atoms with Gasteiger partial charge in [-0.15, -0.1) is 0 Å². The van der Waals surface area contributed by atoms with E-state index in [1.807, 2.05) is 13.0 Å². The third kappa shape index (κ3) is 5.14. The molecule has 0 bridgehead atoms. The van der Waals surface area contributed by atoms with E-state index in [1.54, 1.807) is 53.3 Å². The van der Waals surface area contributed by atoms with Gasteiger partial charge in [-0.25, -0.2) is 0 Å². The fourth-order valence-electron chi connectivity index (χ4n) is 2.66. The van der Waals surface area contributed by atoms with E-state index >= 15 is 0 Å². The summed E-state index contributed by atoms with van der Waals surface area (Å²) < 4.78 is 7.32. The van der Waals surface area contributed by atoms with E-state index in [4.69, 9.17) is 16.3 Å². The van der Waals surface area contributed by atoms with Gasteiger partial charge in [0, 0.05) is 30.4 Å². The number of nitrogens with zero attached hydrogens (tertiary/aromatic N) is 2. The minimum absolute atomic E-state index is 0.171. The second-order valence-corrected chi connectivity index (χ2v) is 6.66. The third-order valence-corrected chi connectivity index (χ3v) is 4.44. The van der Waals surface area contributed by atoms with Gasteiger partial charge >= 0.3 is 0 Å². The summed E-state index contributed by atoms with van der Waals surface area (Å²) >= 11 is 5.87. The van der Waals surface area contributed by atoms with Crippen LogP contribution in [0.25, 0.3) is 0 Å². The second-order valence-electron chi connectivity index (χ2n) is 6.22. The van der Waals surface area contributed by atoms with Gasteiger partial charge in [-0.3, -0.25) is 14.3 Å². The Morgan fingerprint density at radius 3 is 2.59 bits per heavy atom. The SMILES string of the molecule is CCn1cc(NC(=O)c2cccc(COc3ccc(Cl)cc3)c2)c(C(=O)NC)n1. The van der Waals surface area contributed by atoms with Crippen molar-refractivity contribution in [3.8, 4) is 5.75 Å². The average molecular weight is 413 g/mol. The molecule has 0 aliphatic rings. The number of benzene rings is 2. The largest absolute Gasteiger partial charge is 0.489 e. The van der Waals surface area contributed by atoms with Gasteiger partial charge in [-0.2, -0.15) is 5.10 Å². The number of amides is 2. The number of halogens is 1. The fraction of sp³-hybridized carbons (Fsp3) is 0.190. The lowest BCUT2D eigenvalue weighted by atomic mass is 10.1. The zero-order chi connectivity index (χ0) is 20.8. The summed E-state index contributed by atoms with van der Waals surface area (Å²) in [5.74, 6) is -0.0109. The van der Waals surface area contributed by atoms with Gasteiger partial charge < -0.3 is 15.4 Å². The first-order valence-corrected chi connectivity index (χ1v) is 9.46. The van der Waals surface area contributed by atoms with Crippen LogP contribution in [0, 0.1) is 0 Å². The summed E-state index contributed by atoms with van der Waals surface area (Å²) in [4.78, 5) is 24.7. The molecule has 3 aromatic rings. The first kappa shape index (κ1) is 20.4. The maximum Gasteiger partial charge on any atom is 0.273 e. The smallest absolute Gasteiger partial charge is 0.273 e. The zero-order valence-corrected chi connectivity index (χ0v) is 16.9. The Kier molecular flexibility index (Phi) is 6.51. The van der Waals surface area contributed by atoms with Gasteiger partial charge in [0.2, 0.25) is 0 Å². The molecule has 150 valence electrons. The Morgan fingerprint density at radius 2 is 1.90 bits per heavy atom. The predicted molar refractivity (Wildman–Crippen MR) is 111 cm³/mol. The summed E-state index contributed by atoms with van der Waals surface area (Å²) in [5, 5.41) is 10.1. The van der Waals surface area contributed by atoms with Gasteiger partial charge in [0.05, 0.1) is 5.69 Å². The van der Waals surface area contributed by atoms with Crippen molar-refractivity contribution in [2.45, 2.75) is 20.1 Å². The van der Waals surface area contributed by atoms with E-state index in [9.17, 15) is 9.59 Å². The van der Waals surface area contributed by atoms with Crippen molar-refractivity contribution >= 4 is 29.1 Å². The Hall–Kier alpha value is -3.32. The summed E-state index contributed by atoms with van der Waals surface area (Å²) in [6.07, 6.45) is 1.63. The van der Waals surface area contributed by atoms with E-state index in [-0.39, 0.29) is 17.5 Å². The predicted octanol–water partition coefficient (Wildman–Crippen LogP) is 3.75. The van der Waals surface area contributed by atoms with Crippen LogP contribution in [0.4, 0.5) is 5.69 Å². The van der Waals surface area contributed by atoms with Crippen LogP contribution < -0.4 is 15.4 Å². The Morgan fingerprint density at radius 1 is 1.14 bits per heavy atom. The molecule has 0 spiro atoms. The highest BCUT2D eigenvalue weighted by molar-refractivity contribution is 6.30. The number of aromatic nitrogens is 2. The number of carbonyl (C=O) groups excluding carboxylic acids is 2. The molecular formula is C21H21ClN4O3. The second kappa shape index (κ2) is 9.25. The first-order chi connectivity index (χ1) is 14.0. The minimum Gasteiger partial charge on any atom is -0.489 e. The van der Waals surface area contributed by atoms with Crippen LogP contribution >= 0.6 is 11.6 Å². The molecule has 0 saturated heterocycles. The number of ether oxygens (including phenoxy) is 1. The Labute approximate surface area is 173 Å². The topological polar surface area (TPSA) is 85.2 Å². The summed E-state index contributed by atoms with van der Waals surface area (Å²) in [7, 11) is 1.52.